The Morgan fingerprint density at radius 1 is 0.917 bits per heavy atom. The zero-order valence-electron chi connectivity index (χ0n) is 26.8. The van der Waals surface area contributed by atoms with Crippen LogP contribution in [0, 0.1) is 0 Å². The fraction of sp³-hybridized carbons (Fsp3) is 0.533. The number of anilines is 2. The van der Waals surface area contributed by atoms with E-state index in [9.17, 15) is 9.59 Å². The van der Waals surface area contributed by atoms with Gasteiger partial charge >= 0.3 is 0 Å². The van der Waals surface area contributed by atoms with Crippen molar-refractivity contribution in [2.24, 2.45) is 5.11 Å². The van der Waals surface area contributed by atoms with Gasteiger partial charge in [0.1, 0.15) is 23.4 Å². The number of hydrogen-bond acceptors (Lipinski definition) is 13. The van der Waals surface area contributed by atoms with Crippen LogP contribution in [0.5, 0.6) is 0 Å². The van der Waals surface area contributed by atoms with Crippen LogP contribution in [0.3, 0.4) is 0 Å². The van der Waals surface area contributed by atoms with Crippen LogP contribution in [-0.2, 0) is 30.3 Å². The van der Waals surface area contributed by atoms with E-state index >= 15 is 0 Å². The Bertz CT molecular complexity index is 1670. The highest BCUT2D eigenvalue weighted by molar-refractivity contribution is 5.99. The third-order valence-electron chi connectivity index (χ3n) is 7.12. The second-order valence-corrected chi connectivity index (χ2v) is 10.7. The molecule has 1 aromatic carbocycles. The number of rotatable bonds is 23. The molecular formula is C30H42N12O6. The Hall–Kier alpha value is -5.03. The minimum Gasteiger partial charge on any atom is -0.424 e. The molecule has 0 atom stereocenters. The topological polar surface area (TPSA) is 256 Å². The summed E-state index contributed by atoms with van der Waals surface area (Å²) in [6.07, 6.45) is 4.88. The molecule has 0 fully saturated rings. The lowest BCUT2D eigenvalue weighted by Gasteiger charge is -2.08. The summed E-state index contributed by atoms with van der Waals surface area (Å²) in [6.45, 7) is 4.24. The van der Waals surface area contributed by atoms with Crippen LogP contribution in [0.4, 0.5) is 11.8 Å². The van der Waals surface area contributed by atoms with Crippen molar-refractivity contribution in [3.8, 4) is 11.3 Å². The van der Waals surface area contributed by atoms with Crippen molar-refractivity contribution in [2.75, 3.05) is 70.7 Å². The Morgan fingerprint density at radius 2 is 1.62 bits per heavy atom. The summed E-state index contributed by atoms with van der Waals surface area (Å²) >= 11 is 0. The molecule has 0 radical (unpaired) electrons. The number of carbonyl (C=O) groups excluding carboxylic acids is 2. The minimum atomic E-state index is -0.0714. The summed E-state index contributed by atoms with van der Waals surface area (Å²) in [7, 11) is 0. The van der Waals surface area contributed by atoms with E-state index in [0.29, 0.717) is 125 Å². The van der Waals surface area contributed by atoms with E-state index in [4.69, 9.17) is 40.7 Å². The van der Waals surface area contributed by atoms with Crippen molar-refractivity contribution in [2.45, 2.75) is 45.1 Å². The second kappa shape index (κ2) is 19.6. The highest BCUT2D eigenvalue weighted by Gasteiger charge is 2.18. The molecule has 0 saturated heterocycles. The first-order valence-electron chi connectivity index (χ1n) is 15.9. The van der Waals surface area contributed by atoms with Crippen molar-refractivity contribution in [1.82, 2.24) is 35.4 Å². The number of hydrogen-bond donors (Lipinski definition) is 4. The van der Waals surface area contributed by atoms with Gasteiger partial charge in [0.15, 0.2) is 11.2 Å². The SMILES string of the molecule is [N-]=[N+]=NCCOCCOCCOCCNC(=O)CCCCC(=O)NCCCCn1nc(-c2ccc3oc(N)nc3c2)c2c(N)ncnc21. The van der Waals surface area contributed by atoms with Gasteiger partial charge in [-0.1, -0.05) is 5.11 Å². The molecule has 6 N–H and O–H groups in total. The van der Waals surface area contributed by atoms with Gasteiger partial charge in [-0.2, -0.15) is 10.1 Å². The molecule has 0 aliphatic heterocycles. The molecule has 0 aliphatic rings. The molecular weight excluding hydrogens is 624 g/mol. The molecule has 3 aromatic heterocycles. The van der Waals surface area contributed by atoms with Gasteiger partial charge in [-0.05, 0) is 49.4 Å². The van der Waals surface area contributed by atoms with Gasteiger partial charge < -0.3 is 40.7 Å². The number of aryl methyl sites for hydroxylation is 1. The van der Waals surface area contributed by atoms with Crippen molar-refractivity contribution in [1.29, 1.82) is 0 Å². The van der Waals surface area contributed by atoms with Gasteiger partial charge in [0.2, 0.25) is 11.8 Å². The molecule has 0 saturated carbocycles. The third kappa shape index (κ3) is 11.3. The van der Waals surface area contributed by atoms with Gasteiger partial charge in [0.25, 0.3) is 6.01 Å². The van der Waals surface area contributed by atoms with Gasteiger partial charge in [0, 0.05) is 49.5 Å². The lowest BCUT2D eigenvalue weighted by Crippen LogP contribution is -2.27. The highest BCUT2D eigenvalue weighted by Crippen LogP contribution is 2.32. The average Bonchev–Trinajstić information content (AvgIpc) is 3.65. The summed E-state index contributed by atoms with van der Waals surface area (Å²) in [6, 6.07) is 5.58. The molecule has 18 nitrogen and oxygen atoms in total. The highest BCUT2D eigenvalue weighted by atomic mass is 16.5. The Labute approximate surface area is 276 Å². The summed E-state index contributed by atoms with van der Waals surface area (Å²) in [5.74, 6) is 0.220. The Morgan fingerprint density at radius 3 is 2.38 bits per heavy atom. The number of nitrogens with two attached hydrogens (primary N) is 2. The Balaban J connectivity index is 1.04. The predicted molar refractivity (Wildman–Crippen MR) is 177 cm³/mol. The van der Waals surface area contributed by atoms with Crippen molar-refractivity contribution in [3.05, 3.63) is 35.0 Å². The smallest absolute Gasteiger partial charge is 0.292 e. The summed E-state index contributed by atoms with van der Waals surface area (Å²) < 4.78 is 23.2. The number of azide groups is 1. The van der Waals surface area contributed by atoms with Crippen molar-refractivity contribution in [3.63, 3.8) is 0 Å². The number of fused-ring (bicyclic) bond motifs is 2. The third-order valence-corrected chi connectivity index (χ3v) is 7.12. The Kier molecular flexibility index (Phi) is 14.6. The summed E-state index contributed by atoms with van der Waals surface area (Å²) in [5.41, 5.74) is 23.3. The fourth-order valence-electron chi connectivity index (χ4n) is 4.80. The number of unbranched alkanes of at least 4 members (excludes halogenated alkanes) is 2. The number of amides is 2. The van der Waals surface area contributed by atoms with Crippen LogP contribution in [-0.4, -0.2) is 95.8 Å². The maximum absolute atomic E-state index is 12.3. The van der Waals surface area contributed by atoms with Crippen LogP contribution in [0.15, 0.2) is 34.1 Å². The van der Waals surface area contributed by atoms with E-state index in [1.54, 1.807) is 10.7 Å². The van der Waals surface area contributed by atoms with Crippen molar-refractivity contribution >= 4 is 45.8 Å². The van der Waals surface area contributed by atoms with Crippen LogP contribution >= 0.6 is 0 Å². The van der Waals surface area contributed by atoms with Gasteiger partial charge in [-0.3, -0.25) is 9.59 Å². The first-order chi connectivity index (χ1) is 23.5. The van der Waals surface area contributed by atoms with Crippen LogP contribution in [0.2, 0.25) is 0 Å². The summed E-state index contributed by atoms with van der Waals surface area (Å²) in [4.78, 5) is 39.7. The molecule has 18 heteroatoms. The lowest BCUT2D eigenvalue weighted by molar-refractivity contribution is -0.123. The monoisotopic (exact) mass is 666 g/mol. The quantitative estimate of drug-likeness (QED) is 0.0386. The van der Waals surface area contributed by atoms with E-state index in [1.165, 1.54) is 6.33 Å². The number of ether oxygens (including phenoxy) is 3. The fourth-order valence-corrected chi connectivity index (χ4v) is 4.80. The predicted octanol–water partition coefficient (Wildman–Crippen LogP) is 2.73. The first-order valence-corrected chi connectivity index (χ1v) is 15.9. The molecule has 258 valence electrons. The second-order valence-electron chi connectivity index (χ2n) is 10.7. The van der Waals surface area contributed by atoms with Gasteiger partial charge in [-0.25, -0.2) is 14.6 Å². The maximum Gasteiger partial charge on any atom is 0.292 e. The number of oxazole rings is 1. The molecule has 4 rings (SSSR count). The summed E-state index contributed by atoms with van der Waals surface area (Å²) in [5, 5.41) is 14.6. The number of nitrogens with zero attached hydrogens (tertiary/aromatic N) is 8. The number of nitrogens with one attached hydrogen (secondary N) is 2. The molecule has 48 heavy (non-hydrogen) atoms. The zero-order chi connectivity index (χ0) is 34.0. The molecule has 0 aliphatic carbocycles. The van der Waals surface area contributed by atoms with E-state index in [0.717, 1.165) is 18.4 Å². The van der Waals surface area contributed by atoms with E-state index < -0.39 is 0 Å². The van der Waals surface area contributed by atoms with E-state index in [1.807, 2.05) is 12.1 Å². The molecule has 2 amide bonds. The van der Waals surface area contributed by atoms with E-state index in [2.05, 4.69) is 35.6 Å². The van der Waals surface area contributed by atoms with Gasteiger partial charge in [-0.15, -0.1) is 0 Å². The molecule has 3 heterocycles. The average molecular weight is 667 g/mol. The van der Waals surface area contributed by atoms with Crippen LogP contribution in [0.1, 0.15) is 38.5 Å². The number of benzene rings is 1. The molecule has 0 unspecified atom stereocenters. The van der Waals surface area contributed by atoms with Gasteiger partial charge in [0.05, 0.1) is 45.0 Å². The van der Waals surface area contributed by atoms with Crippen LogP contribution in [0.25, 0.3) is 43.8 Å². The maximum atomic E-state index is 12.3. The normalized spacial score (nSPS) is 11.2. The number of nitrogen functional groups attached to an aromatic ring is 2. The molecule has 0 spiro atoms. The van der Waals surface area contributed by atoms with E-state index in [-0.39, 0.29) is 17.8 Å². The number of carbonyl (C=O) groups is 2. The molecule has 4 aromatic rings. The standard InChI is InChI=1S/C30H42N12O6/c31-28-26-27(21-7-8-23-22(19-21)39-30(32)48-23)40-42(29(26)37-20-36-28)12-4-3-9-34-24(43)5-1-2-6-25(44)35-10-13-45-15-17-47-18-16-46-14-11-38-41-33/h7-8,19-20H,1-6,9-18H2,(H2,32,39)(H,34,43)(H,35,44)(H2,31,36,37). The molecule has 0 bridgehead atoms. The largest absolute Gasteiger partial charge is 0.424 e. The number of aromatic nitrogens is 5. The first kappa shape index (κ1) is 35.8. The zero-order valence-corrected chi connectivity index (χ0v) is 26.8. The van der Waals surface area contributed by atoms with Crippen LogP contribution < -0.4 is 22.1 Å². The lowest BCUT2D eigenvalue weighted by atomic mass is 10.1. The minimum absolute atomic E-state index is 0.0398. The van der Waals surface area contributed by atoms with Crippen molar-refractivity contribution < 1.29 is 28.2 Å².